The second-order valence-electron chi connectivity index (χ2n) is 3.73. The second kappa shape index (κ2) is 6.01. The van der Waals surface area contributed by atoms with E-state index in [0.717, 1.165) is 50.0 Å². The van der Waals surface area contributed by atoms with Crippen molar-refractivity contribution in [3.05, 3.63) is 23.8 Å². The molecule has 1 aromatic rings. The standard InChI is InChI=1S/C12H17NO2S/c16-7-4-13-9-10-2-3-11-12(8-10)15-6-1-5-14-11/h2-3,8,13,16H,1,4-7,9H2. The topological polar surface area (TPSA) is 30.5 Å². The number of benzene rings is 1. The lowest BCUT2D eigenvalue weighted by Crippen LogP contribution is -2.15. The summed E-state index contributed by atoms with van der Waals surface area (Å²) < 4.78 is 11.2. The molecule has 4 heteroatoms. The lowest BCUT2D eigenvalue weighted by Gasteiger charge is -2.09. The molecule has 0 saturated heterocycles. The van der Waals surface area contributed by atoms with E-state index >= 15 is 0 Å². The van der Waals surface area contributed by atoms with E-state index in [0.29, 0.717) is 0 Å². The zero-order valence-electron chi connectivity index (χ0n) is 9.24. The molecule has 1 aliphatic heterocycles. The van der Waals surface area contributed by atoms with Crippen molar-refractivity contribution in [3.63, 3.8) is 0 Å². The molecule has 1 aromatic carbocycles. The van der Waals surface area contributed by atoms with Crippen LogP contribution in [-0.4, -0.2) is 25.5 Å². The van der Waals surface area contributed by atoms with Crippen molar-refractivity contribution in [2.75, 3.05) is 25.5 Å². The third-order valence-corrected chi connectivity index (χ3v) is 2.65. The quantitative estimate of drug-likeness (QED) is 0.621. The van der Waals surface area contributed by atoms with Gasteiger partial charge in [0, 0.05) is 25.3 Å². The first kappa shape index (κ1) is 11.6. The largest absolute Gasteiger partial charge is 0.490 e. The van der Waals surface area contributed by atoms with Crippen molar-refractivity contribution in [1.29, 1.82) is 0 Å². The summed E-state index contributed by atoms with van der Waals surface area (Å²) in [6, 6.07) is 6.10. The van der Waals surface area contributed by atoms with Gasteiger partial charge in [-0.15, -0.1) is 0 Å². The van der Waals surface area contributed by atoms with E-state index in [4.69, 9.17) is 9.47 Å². The van der Waals surface area contributed by atoms with Crippen LogP contribution in [0.4, 0.5) is 0 Å². The molecule has 16 heavy (non-hydrogen) atoms. The van der Waals surface area contributed by atoms with Gasteiger partial charge in [-0.05, 0) is 17.7 Å². The van der Waals surface area contributed by atoms with E-state index in [1.54, 1.807) is 0 Å². The van der Waals surface area contributed by atoms with Crippen LogP contribution in [0.3, 0.4) is 0 Å². The van der Waals surface area contributed by atoms with Gasteiger partial charge in [-0.1, -0.05) is 6.07 Å². The molecule has 0 saturated carbocycles. The first-order chi connectivity index (χ1) is 7.90. The van der Waals surface area contributed by atoms with Crippen LogP contribution in [0.2, 0.25) is 0 Å². The summed E-state index contributed by atoms with van der Waals surface area (Å²) in [6.07, 6.45) is 0.946. The van der Waals surface area contributed by atoms with Crippen LogP contribution in [0.5, 0.6) is 11.5 Å². The summed E-state index contributed by atoms with van der Waals surface area (Å²) in [5.41, 5.74) is 1.21. The summed E-state index contributed by atoms with van der Waals surface area (Å²) in [7, 11) is 0. The summed E-state index contributed by atoms with van der Waals surface area (Å²) >= 11 is 4.15. The third kappa shape index (κ3) is 3.06. The molecular weight excluding hydrogens is 222 g/mol. The molecule has 0 spiro atoms. The van der Waals surface area contributed by atoms with Gasteiger partial charge in [0.1, 0.15) is 0 Å². The molecule has 0 bridgehead atoms. The number of rotatable bonds is 4. The number of thiol groups is 1. The Bertz CT molecular complexity index is 344. The second-order valence-corrected chi connectivity index (χ2v) is 4.18. The Hall–Kier alpha value is -0.870. The number of ether oxygens (including phenoxy) is 2. The predicted octanol–water partition coefficient (Wildman–Crippen LogP) is 1.87. The monoisotopic (exact) mass is 239 g/mol. The fourth-order valence-corrected chi connectivity index (χ4v) is 1.79. The number of nitrogens with one attached hydrogen (secondary N) is 1. The van der Waals surface area contributed by atoms with Crippen LogP contribution >= 0.6 is 12.6 Å². The predicted molar refractivity (Wildman–Crippen MR) is 67.6 cm³/mol. The molecule has 0 aromatic heterocycles. The fraction of sp³-hybridized carbons (Fsp3) is 0.500. The number of hydrogen-bond acceptors (Lipinski definition) is 4. The van der Waals surface area contributed by atoms with Gasteiger partial charge in [0.2, 0.25) is 0 Å². The van der Waals surface area contributed by atoms with Crippen molar-refractivity contribution in [2.24, 2.45) is 0 Å². The van der Waals surface area contributed by atoms with E-state index in [1.165, 1.54) is 5.56 Å². The minimum atomic E-state index is 0.737. The highest BCUT2D eigenvalue weighted by Crippen LogP contribution is 2.30. The van der Waals surface area contributed by atoms with Crippen LogP contribution < -0.4 is 14.8 Å². The Kier molecular flexibility index (Phi) is 4.36. The summed E-state index contributed by atoms with van der Waals surface area (Å²) in [6.45, 7) is 3.24. The summed E-state index contributed by atoms with van der Waals surface area (Å²) in [5.74, 6) is 2.57. The van der Waals surface area contributed by atoms with Crippen molar-refractivity contribution >= 4 is 12.6 Å². The Morgan fingerprint density at radius 3 is 2.81 bits per heavy atom. The number of hydrogen-bond donors (Lipinski definition) is 2. The summed E-state index contributed by atoms with van der Waals surface area (Å²) in [4.78, 5) is 0. The lowest BCUT2D eigenvalue weighted by atomic mass is 10.2. The van der Waals surface area contributed by atoms with E-state index < -0.39 is 0 Å². The van der Waals surface area contributed by atoms with Gasteiger partial charge in [0.15, 0.2) is 11.5 Å². The first-order valence-corrected chi connectivity index (χ1v) is 6.23. The van der Waals surface area contributed by atoms with E-state index in [9.17, 15) is 0 Å². The van der Waals surface area contributed by atoms with Crippen molar-refractivity contribution in [3.8, 4) is 11.5 Å². The zero-order valence-corrected chi connectivity index (χ0v) is 10.1. The maximum Gasteiger partial charge on any atom is 0.161 e. The van der Waals surface area contributed by atoms with E-state index in [1.807, 2.05) is 12.1 Å². The lowest BCUT2D eigenvalue weighted by molar-refractivity contribution is 0.297. The van der Waals surface area contributed by atoms with Gasteiger partial charge < -0.3 is 14.8 Å². The molecule has 1 heterocycles. The van der Waals surface area contributed by atoms with Crippen LogP contribution in [0.15, 0.2) is 18.2 Å². The fourth-order valence-electron chi connectivity index (χ4n) is 1.63. The molecule has 1 N–H and O–H groups in total. The van der Waals surface area contributed by atoms with Crippen molar-refractivity contribution < 1.29 is 9.47 Å². The number of fused-ring (bicyclic) bond motifs is 1. The Morgan fingerprint density at radius 1 is 1.19 bits per heavy atom. The molecule has 0 unspecified atom stereocenters. The maximum atomic E-state index is 5.63. The normalized spacial score (nSPS) is 14.6. The highest BCUT2D eigenvalue weighted by atomic mass is 32.1. The Balaban J connectivity index is 2.02. The van der Waals surface area contributed by atoms with Gasteiger partial charge in [0.25, 0.3) is 0 Å². The van der Waals surface area contributed by atoms with Gasteiger partial charge in [-0.25, -0.2) is 0 Å². The molecular formula is C12H17NO2S. The average molecular weight is 239 g/mol. The highest BCUT2D eigenvalue weighted by Gasteiger charge is 2.10. The van der Waals surface area contributed by atoms with Gasteiger partial charge >= 0.3 is 0 Å². The van der Waals surface area contributed by atoms with Crippen LogP contribution in [-0.2, 0) is 6.54 Å². The van der Waals surface area contributed by atoms with Crippen molar-refractivity contribution in [1.82, 2.24) is 5.32 Å². The van der Waals surface area contributed by atoms with Gasteiger partial charge in [-0.3, -0.25) is 0 Å². The smallest absolute Gasteiger partial charge is 0.161 e. The molecule has 0 aliphatic carbocycles. The first-order valence-electron chi connectivity index (χ1n) is 5.60. The van der Waals surface area contributed by atoms with Crippen LogP contribution in [0, 0.1) is 0 Å². The van der Waals surface area contributed by atoms with Gasteiger partial charge in [0.05, 0.1) is 13.2 Å². The maximum absolute atomic E-state index is 5.63. The third-order valence-electron chi connectivity index (χ3n) is 2.43. The van der Waals surface area contributed by atoms with E-state index in [2.05, 4.69) is 24.0 Å². The molecule has 0 fully saturated rings. The molecule has 1 aliphatic rings. The van der Waals surface area contributed by atoms with Gasteiger partial charge in [-0.2, -0.15) is 12.6 Å². The zero-order chi connectivity index (χ0) is 11.2. The average Bonchev–Trinajstić information content (AvgIpc) is 2.54. The van der Waals surface area contributed by atoms with Crippen LogP contribution in [0.1, 0.15) is 12.0 Å². The molecule has 0 amide bonds. The molecule has 0 atom stereocenters. The molecule has 88 valence electrons. The molecule has 3 nitrogen and oxygen atoms in total. The SMILES string of the molecule is SCCNCc1ccc2c(c1)OCCCO2. The van der Waals surface area contributed by atoms with Crippen LogP contribution in [0.25, 0.3) is 0 Å². The minimum Gasteiger partial charge on any atom is -0.490 e. The Labute approximate surface area is 102 Å². The summed E-state index contributed by atoms with van der Waals surface area (Å²) in [5, 5.41) is 3.30. The Morgan fingerprint density at radius 2 is 2.00 bits per heavy atom. The minimum absolute atomic E-state index is 0.737. The molecule has 2 rings (SSSR count). The highest BCUT2D eigenvalue weighted by molar-refractivity contribution is 7.80. The molecule has 0 radical (unpaired) electrons. The van der Waals surface area contributed by atoms with Crippen molar-refractivity contribution in [2.45, 2.75) is 13.0 Å². The van der Waals surface area contributed by atoms with E-state index in [-0.39, 0.29) is 0 Å².